The Morgan fingerprint density at radius 2 is 1.85 bits per heavy atom. The summed E-state index contributed by atoms with van der Waals surface area (Å²) in [6.45, 7) is 4.88. The molecule has 170 valence electrons. The van der Waals surface area contributed by atoms with Gasteiger partial charge in [0, 0.05) is 15.7 Å². The first-order chi connectivity index (χ1) is 16.0. The predicted octanol–water partition coefficient (Wildman–Crippen LogP) is 8.25. The molecule has 0 aliphatic carbocycles. The summed E-state index contributed by atoms with van der Waals surface area (Å²) in [7, 11) is 0. The number of benzene rings is 3. The van der Waals surface area contributed by atoms with Crippen LogP contribution in [0.3, 0.4) is 0 Å². The summed E-state index contributed by atoms with van der Waals surface area (Å²) in [6.07, 6.45) is 4.50. The lowest BCUT2D eigenvalue weighted by atomic mass is 10.1. The van der Waals surface area contributed by atoms with E-state index in [1.54, 1.807) is 17.4 Å². The molecule has 33 heavy (non-hydrogen) atoms. The summed E-state index contributed by atoms with van der Waals surface area (Å²) in [5, 5.41) is 3.96. The highest BCUT2D eigenvalue weighted by Gasteiger charge is 2.14. The van der Waals surface area contributed by atoms with E-state index < -0.39 is 0 Å². The topological polar surface area (TPSA) is 51.2 Å². The van der Waals surface area contributed by atoms with Crippen LogP contribution in [0.4, 0.5) is 5.69 Å². The Bertz CT molecular complexity index is 1250. The van der Waals surface area contributed by atoms with E-state index in [0.29, 0.717) is 17.9 Å². The van der Waals surface area contributed by atoms with E-state index in [1.807, 2.05) is 36.4 Å². The van der Waals surface area contributed by atoms with Gasteiger partial charge in [-0.25, -0.2) is 4.98 Å². The number of nitrogens with zero attached hydrogens (tertiary/aromatic N) is 1. The lowest BCUT2D eigenvalue weighted by Crippen LogP contribution is -2.14. The Hall–Kier alpha value is -2.70. The zero-order chi connectivity index (χ0) is 23.2. The van der Waals surface area contributed by atoms with E-state index in [4.69, 9.17) is 9.72 Å². The van der Waals surface area contributed by atoms with Crippen molar-refractivity contribution in [2.45, 2.75) is 39.5 Å². The fourth-order valence-corrected chi connectivity index (χ4v) is 5.00. The molecule has 6 heteroatoms. The molecule has 4 nitrogen and oxygen atoms in total. The Morgan fingerprint density at radius 1 is 1.03 bits per heavy atom. The smallest absolute Gasteiger partial charge is 0.259 e. The molecular weight excluding hydrogens is 496 g/mol. The van der Waals surface area contributed by atoms with Crippen molar-refractivity contribution in [3.8, 4) is 16.3 Å². The second-order valence-corrected chi connectivity index (χ2v) is 10.0. The van der Waals surface area contributed by atoms with E-state index in [1.165, 1.54) is 23.1 Å². The number of anilines is 1. The maximum Gasteiger partial charge on any atom is 0.259 e. The summed E-state index contributed by atoms with van der Waals surface area (Å²) in [6, 6.07) is 19.6. The van der Waals surface area contributed by atoms with Crippen molar-refractivity contribution in [1.29, 1.82) is 0 Å². The van der Waals surface area contributed by atoms with Crippen molar-refractivity contribution in [3.63, 3.8) is 0 Å². The van der Waals surface area contributed by atoms with Gasteiger partial charge in [0.2, 0.25) is 0 Å². The molecule has 1 aromatic heterocycles. The summed E-state index contributed by atoms with van der Waals surface area (Å²) in [4.78, 5) is 17.7. The van der Waals surface area contributed by atoms with Gasteiger partial charge in [0.1, 0.15) is 10.8 Å². The number of rotatable bonds is 9. The first-order valence-corrected chi connectivity index (χ1v) is 12.9. The molecule has 4 rings (SSSR count). The standard InChI is InChI=1S/C27H27BrN2O2S/c1-3-4-5-6-15-32-24-14-10-20(28)17-22(24)26(31)29-21-11-8-19(9-12-21)27-30-23-13-7-18(2)16-25(23)33-27/h7-14,16-17H,3-6,15H2,1-2H3,(H,29,31). The van der Waals surface area contributed by atoms with Crippen molar-refractivity contribution in [1.82, 2.24) is 4.98 Å². The lowest BCUT2D eigenvalue weighted by molar-refractivity contribution is 0.102. The second-order valence-electron chi connectivity index (χ2n) is 8.07. The Labute approximate surface area is 207 Å². The monoisotopic (exact) mass is 522 g/mol. The third-order valence-corrected chi connectivity index (χ3v) is 6.94. The molecule has 0 radical (unpaired) electrons. The van der Waals surface area contributed by atoms with Crippen LogP contribution in [0.5, 0.6) is 5.75 Å². The van der Waals surface area contributed by atoms with Gasteiger partial charge in [0.05, 0.1) is 22.4 Å². The third-order valence-electron chi connectivity index (χ3n) is 5.38. The van der Waals surface area contributed by atoms with Crippen LogP contribution in [0.1, 0.15) is 48.5 Å². The van der Waals surface area contributed by atoms with Gasteiger partial charge < -0.3 is 10.1 Å². The van der Waals surface area contributed by atoms with Crippen molar-refractivity contribution < 1.29 is 9.53 Å². The summed E-state index contributed by atoms with van der Waals surface area (Å²) >= 11 is 5.14. The number of carbonyl (C=O) groups excluding carboxylic acids is 1. The number of ether oxygens (including phenoxy) is 1. The highest BCUT2D eigenvalue weighted by Crippen LogP contribution is 2.31. The number of hydrogen-bond donors (Lipinski definition) is 1. The number of aromatic nitrogens is 1. The number of aryl methyl sites for hydroxylation is 1. The average Bonchev–Trinajstić information content (AvgIpc) is 3.23. The van der Waals surface area contributed by atoms with Gasteiger partial charge in [0.15, 0.2) is 0 Å². The third kappa shape index (κ3) is 6.01. The quantitative estimate of drug-likeness (QED) is 0.225. The lowest BCUT2D eigenvalue weighted by Gasteiger charge is -2.12. The molecule has 1 heterocycles. The van der Waals surface area contributed by atoms with E-state index in [2.05, 4.69) is 53.3 Å². The van der Waals surface area contributed by atoms with E-state index in [9.17, 15) is 4.79 Å². The molecule has 0 spiro atoms. The molecule has 1 N–H and O–H groups in total. The van der Waals surface area contributed by atoms with Crippen LogP contribution in [0.2, 0.25) is 0 Å². The van der Waals surface area contributed by atoms with Gasteiger partial charge in [-0.1, -0.05) is 48.2 Å². The van der Waals surface area contributed by atoms with E-state index in [-0.39, 0.29) is 5.91 Å². The Kier molecular flexibility index (Phi) is 7.78. The minimum atomic E-state index is -0.192. The van der Waals surface area contributed by atoms with Gasteiger partial charge >= 0.3 is 0 Å². The van der Waals surface area contributed by atoms with Crippen LogP contribution < -0.4 is 10.1 Å². The van der Waals surface area contributed by atoms with Crippen molar-refractivity contribution in [3.05, 3.63) is 76.3 Å². The van der Waals surface area contributed by atoms with Gasteiger partial charge in [-0.3, -0.25) is 4.79 Å². The zero-order valence-corrected chi connectivity index (χ0v) is 21.3. The number of unbranched alkanes of at least 4 members (excludes halogenated alkanes) is 3. The summed E-state index contributed by atoms with van der Waals surface area (Å²) in [5.74, 6) is 0.414. The van der Waals surface area contributed by atoms with Crippen LogP contribution in [-0.4, -0.2) is 17.5 Å². The maximum absolute atomic E-state index is 13.0. The predicted molar refractivity (Wildman–Crippen MR) is 142 cm³/mol. The van der Waals surface area contributed by atoms with Crippen LogP contribution in [0.15, 0.2) is 65.1 Å². The first kappa shape index (κ1) is 23.5. The number of carbonyl (C=O) groups is 1. The number of halogens is 1. The molecule has 4 aromatic rings. The Morgan fingerprint density at radius 3 is 2.64 bits per heavy atom. The van der Waals surface area contributed by atoms with Gasteiger partial charge in [0.25, 0.3) is 5.91 Å². The molecule has 0 aliphatic rings. The molecular formula is C27H27BrN2O2S. The van der Waals surface area contributed by atoms with Crippen LogP contribution >= 0.6 is 27.3 Å². The molecule has 0 saturated carbocycles. The molecule has 0 saturated heterocycles. The number of hydrogen-bond acceptors (Lipinski definition) is 4. The zero-order valence-electron chi connectivity index (χ0n) is 18.9. The number of amides is 1. The minimum Gasteiger partial charge on any atom is -0.493 e. The maximum atomic E-state index is 13.0. The van der Waals surface area contributed by atoms with Gasteiger partial charge in [-0.2, -0.15) is 0 Å². The van der Waals surface area contributed by atoms with Crippen molar-refractivity contribution in [2.75, 3.05) is 11.9 Å². The van der Waals surface area contributed by atoms with Gasteiger partial charge in [-0.15, -0.1) is 11.3 Å². The fraction of sp³-hybridized carbons (Fsp3) is 0.259. The Balaban J connectivity index is 1.45. The highest BCUT2D eigenvalue weighted by atomic mass is 79.9. The first-order valence-electron chi connectivity index (χ1n) is 11.2. The van der Waals surface area contributed by atoms with Gasteiger partial charge in [-0.05, 0) is 73.5 Å². The van der Waals surface area contributed by atoms with Crippen LogP contribution in [0, 0.1) is 6.92 Å². The number of thiazole rings is 1. The summed E-state index contributed by atoms with van der Waals surface area (Å²) in [5.41, 5.74) is 4.52. The SMILES string of the molecule is CCCCCCOc1ccc(Br)cc1C(=O)Nc1ccc(-c2nc3ccc(C)cc3s2)cc1. The number of fused-ring (bicyclic) bond motifs is 1. The molecule has 3 aromatic carbocycles. The van der Waals surface area contributed by atoms with Crippen molar-refractivity contribution >= 4 is 49.1 Å². The molecule has 0 bridgehead atoms. The minimum absolute atomic E-state index is 0.192. The molecule has 0 aliphatic heterocycles. The van der Waals surface area contributed by atoms with Crippen molar-refractivity contribution in [2.24, 2.45) is 0 Å². The normalized spacial score (nSPS) is 11.0. The number of nitrogens with one attached hydrogen (secondary N) is 1. The fourth-order valence-electron chi connectivity index (χ4n) is 3.57. The molecule has 0 fully saturated rings. The second kappa shape index (κ2) is 10.9. The van der Waals surface area contributed by atoms with Crippen LogP contribution in [-0.2, 0) is 0 Å². The average molecular weight is 523 g/mol. The largest absolute Gasteiger partial charge is 0.493 e. The highest BCUT2D eigenvalue weighted by molar-refractivity contribution is 9.10. The van der Waals surface area contributed by atoms with E-state index >= 15 is 0 Å². The molecule has 0 unspecified atom stereocenters. The van der Waals surface area contributed by atoms with E-state index in [0.717, 1.165) is 39.1 Å². The molecule has 1 amide bonds. The summed E-state index contributed by atoms with van der Waals surface area (Å²) < 4.78 is 7.94. The molecule has 0 atom stereocenters. The van der Waals surface area contributed by atoms with Crippen LogP contribution in [0.25, 0.3) is 20.8 Å².